The number of fused-ring (bicyclic) bond motifs is 4. The maximum atomic E-state index is 14.2. The van der Waals surface area contributed by atoms with Crippen molar-refractivity contribution < 1.29 is 28.0 Å². The first-order chi connectivity index (χ1) is 23.2. The van der Waals surface area contributed by atoms with E-state index in [0.717, 1.165) is 55.9 Å². The van der Waals surface area contributed by atoms with Crippen molar-refractivity contribution in [2.45, 2.75) is 62.6 Å². The van der Waals surface area contributed by atoms with Crippen LogP contribution in [0.2, 0.25) is 5.02 Å². The molecule has 0 radical (unpaired) electrons. The lowest BCUT2D eigenvalue weighted by atomic mass is 9.68. The number of anilines is 1. The van der Waals surface area contributed by atoms with Crippen LogP contribution in [0, 0.1) is 11.8 Å². The van der Waals surface area contributed by atoms with Crippen LogP contribution in [0.5, 0.6) is 5.75 Å². The van der Waals surface area contributed by atoms with Gasteiger partial charge in [-0.1, -0.05) is 29.8 Å². The van der Waals surface area contributed by atoms with Crippen LogP contribution in [0.25, 0.3) is 0 Å². The molecule has 3 heterocycles. The molecule has 1 unspecified atom stereocenters. The Hall–Kier alpha value is -3.12. The molecule has 3 aliphatic heterocycles. The highest BCUT2D eigenvalue weighted by molar-refractivity contribution is 7.92. The Morgan fingerprint density at radius 1 is 1.10 bits per heavy atom. The largest absolute Gasteiger partial charge is 0.490 e. The third-order valence-electron chi connectivity index (χ3n) is 11.0. The number of nitrogens with zero attached hydrogens (tertiary/aromatic N) is 3. The van der Waals surface area contributed by atoms with Gasteiger partial charge < -0.3 is 24.0 Å². The molecule has 1 saturated heterocycles. The van der Waals surface area contributed by atoms with Crippen molar-refractivity contribution in [3.05, 3.63) is 70.3 Å². The summed E-state index contributed by atoms with van der Waals surface area (Å²) in [7, 11) is -0.0554. The first-order valence-electron chi connectivity index (χ1n) is 17.1. The number of urea groups is 1. The molecule has 5 atom stereocenters. The summed E-state index contributed by atoms with van der Waals surface area (Å²) in [6.45, 7) is 2.83. The molecule has 10 nitrogen and oxygen atoms in total. The fourth-order valence-electron chi connectivity index (χ4n) is 8.07. The van der Waals surface area contributed by atoms with Crippen molar-refractivity contribution in [1.82, 2.24) is 9.62 Å². The van der Waals surface area contributed by atoms with Gasteiger partial charge >= 0.3 is 6.03 Å². The second kappa shape index (κ2) is 13.7. The van der Waals surface area contributed by atoms with Crippen LogP contribution in [-0.4, -0.2) is 86.0 Å². The minimum atomic E-state index is -3.42. The number of amides is 3. The molecule has 2 aromatic rings. The molecule has 12 heteroatoms. The van der Waals surface area contributed by atoms with Gasteiger partial charge in [0, 0.05) is 43.3 Å². The lowest BCUT2D eigenvalue weighted by Gasteiger charge is -2.46. The van der Waals surface area contributed by atoms with Crippen LogP contribution in [0.1, 0.15) is 60.0 Å². The first kappa shape index (κ1) is 33.4. The van der Waals surface area contributed by atoms with E-state index in [1.807, 2.05) is 18.2 Å². The average Bonchev–Trinajstić information content (AvgIpc) is 3.18. The highest BCUT2D eigenvalue weighted by Crippen LogP contribution is 2.47. The van der Waals surface area contributed by atoms with Crippen molar-refractivity contribution >= 4 is 39.1 Å². The van der Waals surface area contributed by atoms with Crippen LogP contribution in [-0.2, 0) is 31.2 Å². The fourth-order valence-corrected chi connectivity index (χ4v) is 9.83. The predicted molar refractivity (Wildman–Crippen MR) is 186 cm³/mol. The minimum Gasteiger partial charge on any atom is -0.490 e. The molecule has 48 heavy (non-hydrogen) atoms. The molecule has 2 aliphatic carbocycles. The molecule has 2 fully saturated rings. The van der Waals surface area contributed by atoms with Gasteiger partial charge in [0.15, 0.2) is 0 Å². The van der Waals surface area contributed by atoms with Gasteiger partial charge in [0.2, 0.25) is 0 Å². The predicted octanol–water partition coefficient (Wildman–Crippen LogP) is 5.77. The molecule has 1 saturated carbocycles. The number of ether oxygens (including phenoxy) is 3. The number of nitrogens with one attached hydrogen (secondary N) is 1. The topological polar surface area (TPSA) is 110 Å². The molecular weight excluding hydrogens is 652 g/mol. The number of hydrogen-bond donors (Lipinski definition) is 1. The summed E-state index contributed by atoms with van der Waals surface area (Å²) in [4.78, 5) is 30.7. The van der Waals surface area contributed by atoms with Gasteiger partial charge in [-0.25, -0.2) is 9.00 Å². The van der Waals surface area contributed by atoms with Crippen molar-refractivity contribution in [1.29, 1.82) is 0 Å². The molecule has 258 valence electrons. The van der Waals surface area contributed by atoms with Crippen LogP contribution in [0.3, 0.4) is 0 Å². The second-order valence-corrected chi connectivity index (χ2v) is 16.5. The van der Waals surface area contributed by atoms with Crippen molar-refractivity contribution in [3.8, 4) is 5.75 Å². The summed E-state index contributed by atoms with van der Waals surface area (Å²) in [5.74, 6) is 0.898. The maximum Gasteiger partial charge on any atom is 0.330 e. The van der Waals surface area contributed by atoms with E-state index in [-0.39, 0.29) is 23.4 Å². The minimum absolute atomic E-state index is 0.0346. The number of rotatable bonds is 3. The van der Waals surface area contributed by atoms with Crippen molar-refractivity contribution in [3.63, 3.8) is 0 Å². The van der Waals surface area contributed by atoms with Gasteiger partial charge in [-0.15, -0.1) is 4.36 Å². The lowest BCUT2D eigenvalue weighted by Crippen LogP contribution is -2.58. The number of carbonyl (C=O) groups is 2. The average molecular weight is 697 g/mol. The van der Waals surface area contributed by atoms with E-state index in [4.69, 9.17) is 25.8 Å². The molecule has 7 rings (SSSR count). The number of carbonyl (C=O) groups excluding carboxylic acids is 2. The Morgan fingerprint density at radius 2 is 1.96 bits per heavy atom. The van der Waals surface area contributed by atoms with E-state index in [9.17, 15) is 13.8 Å². The molecule has 2 bridgehead atoms. The van der Waals surface area contributed by atoms with Gasteiger partial charge in [-0.3, -0.25) is 9.52 Å². The highest BCUT2D eigenvalue weighted by Gasteiger charge is 2.44. The quantitative estimate of drug-likeness (QED) is 0.406. The Kier molecular flexibility index (Phi) is 9.49. The fraction of sp³-hybridized carbons (Fsp3) is 0.556. The summed E-state index contributed by atoms with van der Waals surface area (Å²) < 4.78 is 38.9. The Morgan fingerprint density at radius 3 is 2.73 bits per heavy atom. The molecule has 2 aromatic carbocycles. The van der Waals surface area contributed by atoms with E-state index in [1.165, 1.54) is 16.0 Å². The summed E-state index contributed by atoms with van der Waals surface area (Å²) >= 11 is 6.44. The SMILES string of the molecule is COC1CN(C(=O)NS2(=O)=NC(=O)c3ccc4c(c3)N(C[C@@H]3CC[C@H]3[C@@H](OC)/C=C/CCC2)C[C@@]2(CCCc3cc(Cl)ccc32)CO4)C1. The maximum absolute atomic E-state index is 14.2. The second-order valence-electron chi connectivity index (χ2n) is 14.0. The normalized spacial score (nSPS) is 31.2. The van der Waals surface area contributed by atoms with Gasteiger partial charge in [-0.2, -0.15) is 0 Å². The zero-order valence-corrected chi connectivity index (χ0v) is 29.3. The summed E-state index contributed by atoms with van der Waals surface area (Å²) in [5.41, 5.74) is 3.45. The molecule has 1 spiro atoms. The van der Waals surface area contributed by atoms with Crippen LogP contribution < -0.4 is 14.4 Å². The number of hydrogen-bond acceptors (Lipinski definition) is 7. The number of halogens is 1. The van der Waals surface area contributed by atoms with Crippen molar-refractivity contribution in [2.24, 2.45) is 16.2 Å². The number of benzene rings is 2. The Bertz CT molecular complexity index is 1720. The smallest absolute Gasteiger partial charge is 0.330 e. The van der Waals surface area contributed by atoms with E-state index in [1.54, 1.807) is 20.3 Å². The summed E-state index contributed by atoms with van der Waals surface area (Å²) in [6, 6.07) is 11.1. The van der Waals surface area contributed by atoms with Crippen LogP contribution in [0.15, 0.2) is 52.9 Å². The third kappa shape index (κ3) is 6.58. The molecule has 1 N–H and O–H groups in total. The molecular formula is C36H45ClN4O6S. The van der Waals surface area contributed by atoms with E-state index >= 15 is 0 Å². The van der Waals surface area contributed by atoms with Crippen LogP contribution in [0.4, 0.5) is 10.5 Å². The Labute approximate surface area is 288 Å². The number of likely N-dealkylation sites (tertiary alicyclic amines) is 1. The number of aryl methyl sites for hydroxylation is 1. The van der Waals surface area contributed by atoms with Gasteiger partial charge in [0.05, 0.1) is 43.3 Å². The molecule has 5 aliphatic rings. The summed E-state index contributed by atoms with van der Waals surface area (Å²) in [6.07, 6.45) is 10.4. The zero-order valence-electron chi connectivity index (χ0n) is 27.7. The zero-order chi connectivity index (χ0) is 33.5. The van der Waals surface area contributed by atoms with Crippen molar-refractivity contribution in [2.75, 3.05) is 57.7 Å². The van der Waals surface area contributed by atoms with E-state index in [2.05, 4.69) is 38.3 Å². The Balaban J connectivity index is 1.26. The van der Waals surface area contributed by atoms with Crippen LogP contribution >= 0.6 is 11.6 Å². The lowest BCUT2D eigenvalue weighted by molar-refractivity contribution is -0.00645. The van der Waals surface area contributed by atoms with Gasteiger partial charge in [0.25, 0.3) is 5.91 Å². The first-order valence-corrected chi connectivity index (χ1v) is 19.1. The summed E-state index contributed by atoms with van der Waals surface area (Å²) in [5, 5.41) is 0.744. The standard InChI is InChI=1S/C36H45ClN4O6S/c1-45-28-20-40(21-28)35(43)39-48(44)16-5-3-4-8-32(46-2)29-12-9-26(29)19-41-22-36(15-6-7-24-17-27(37)11-13-30(24)36)23-47-33-14-10-25(18-31(33)41)34(42)38-48/h4,8,10-11,13-14,17-18,26,28-29,32H,3,5-7,9,12,15-16,19-23H2,1-2H3,(H,38,39,42,43,44)/b8-4+/t26-,29+,32-,36-,48?/m0/s1. The van der Waals surface area contributed by atoms with E-state index < -0.39 is 21.9 Å². The molecule has 3 amide bonds. The highest BCUT2D eigenvalue weighted by atomic mass is 35.5. The monoisotopic (exact) mass is 696 g/mol. The third-order valence-corrected chi connectivity index (χ3v) is 13.0. The van der Waals surface area contributed by atoms with E-state index in [0.29, 0.717) is 55.7 Å². The number of methoxy groups -OCH3 is 2. The molecule has 0 aromatic heterocycles. The van der Waals surface area contributed by atoms with Gasteiger partial charge in [0.1, 0.15) is 15.7 Å². The number of allylic oxidation sites excluding steroid dienone is 1. The van der Waals surface area contributed by atoms with Gasteiger partial charge in [-0.05, 0) is 98.2 Å².